The van der Waals surface area contributed by atoms with E-state index in [0.717, 1.165) is 34.0 Å². The van der Waals surface area contributed by atoms with Crippen LogP contribution in [-0.2, 0) is 0 Å². The van der Waals surface area contributed by atoms with Crippen LogP contribution in [0.2, 0.25) is 10.6 Å². The summed E-state index contributed by atoms with van der Waals surface area (Å²) in [6.45, 7) is 2.01. The Morgan fingerprint density at radius 1 is 0.512 bits per heavy atom. The van der Waals surface area contributed by atoms with Gasteiger partial charge in [0.25, 0.3) is 0 Å². The molecule has 208 valence electrons. The van der Waals surface area contributed by atoms with Crippen molar-refractivity contribution in [1.29, 1.82) is 0 Å². The number of rotatable bonds is 9. The van der Waals surface area contributed by atoms with Crippen LogP contribution in [0.1, 0.15) is 5.56 Å². The Morgan fingerprint density at radius 2 is 0.927 bits per heavy atom. The van der Waals surface area contributed by atoms with Crippen LogP contribution in [0.4, 0.5) is 52.2 Å². The molecule has 41 heavy (non-hydrogen) atoms. The van der Waals surface area contributed by atoms with Crippen LogP contribution >= 0.6 is 23.2 Å². The van der Waals surface area contributed by atoms with Gasteiger partial charge in [-0.1, -0.05) is 18.2 Å². The van der Waals surface area contributed by atoms with Crippen LogP contribution in [0, 0.1) is 6.92 Å². The van der Waals surface area contributed by atoms with Gasteiger partial charge < -0.3 is 21.3 Å². The van der Waals surface area contributed by atoms with Crippen molar-refractivity contribution >= 4 is 75.4 Å². The standard InChI is InChI=1S/C28H28Cl2N11/c1-17-7-5-8-20(15-17)33-27-37-23(29)35-25(39-27)31-18-11-13-19(14-12-18)32-26-36-24(30)38-28(40-26)34-21-9-6-10-22(16-21)41(2,3)4/h5-16H,1-4H3,(H2,31,33,35,37,39)(H2,32,34,36,38,40)/q+1. The van der Waals surface area contributed by atoms with E-state index in [-0.39, 0.29) is 10.6 Å². The second-order valence-electron chi connectivity index (χ2n) is 10.0. The number of benzene rings is 3. The minimum atomic E-state index is 0.0628. The fourth-order valence-electron chi connectivity index (χ4n) is 3.80. The van der Waals surface area contributed by atoms with Crippen LogP contribution in [0.3, 0.4) is 0 Å². The number of aryl methyl sites for hydroxylation is 1. The molecule has 0 aliphatic rings. The average Bonchev–Trinajstić information content (AvgIpc) is 2.89. The monoisotopic (exact) mass is 588 g/mol. The maximum absolute atomic E-state index is 6.20. The Labute approximate surface area is 247 Å². The highest BCUT2D eigenvalue weighted by atomic mass is 35.5. The highest BCUT2D eigenvalue weighted by Gasteiger charge is 2.13. The van der Waals surface area contributed by atoms with Crippen molar-refractivity contribution in [3.8, 4) is 0 Å². The zero-order valence-electron chi connectivity index (χ0n) is 22.8. The molecule has 4 N–H and O–H groups in total. The molecule has 0 atom stereocenters. The SMILES string of the molecule is Cc1cccc(Nc2nc(Cl)nc(Nc3ccc(Nc4nc(Cl)nc(Nc5cccc([N+](C)(C)C)c5)n4)cc3)n2)c1. The van der Waals surface area contributed by atoms with Gasteiger partial charge in [-0.3, -0.25) is 4.48 Å². The summed E-state index contributed by atoms with van der Waals surface area (Å²) < 4.78 is 0.678. The summed E-state index contributed by atoms with van der Waals surface area (Å²) in [7, 11) is 6.30. The van der Waals surface area contributed by atoms with Gasteiger partial charge in [0.15, 0.2) is 0 Å². The van der Waals surface area contributed by atoms with E-state index in [1.807, 2.05) is 73.7 Å². The van der Waals surface area contributed by atoms with Gasteiger partial charge in [0.2, 0.25) is 34.4 Å². The minimum Gasteiger partial charge on any atom is -0.324 e. The molecule has 13 heteroatoms. The maximum atomic E-state index is 6.20. The van der Waals surface area contributed by atoms with Crippen molar-refractivity contribution in [3.05, 3.63) is 88.9 Å². The Kier molecular flexibility index (Phi) is 8.11. The van der Waals surface area contributed by atoms with Crippen molar-refractivity contribution in [1.82, 2.24) is 34.4 Å². The molecule has 3 aromatic carbocycles. The number of quaternary nitrogens is 1. The topological polar surface area (TPSA) is 125 Å². The Morgan fingerprint density at radius 3 is 1.37 bits per heavy atom. The van der Waals surface area contributed by atoms with E-state index < -0.39 is 0 Å². The molecule has 0 spiro atoms. The molecule has 0 unspecified atom stereocenters. The summed E-state index contributed by atoms with van der Waals surface area (Å²) in [5.74, 6) is 1.25. The predicted molar refractivity (Wildman–Crippen MR) is 166 cm³/mol. The molecular weight excluding hydrogens is 561 g/mol. The van der Waals surface area contributed by atoms with E-state index >= 15 is 0 Å². The second-order valence-corrected chi connectivity index (χ2v) is 10.7. The molecule has 0 bridgehead atoms. The number of nitrogens with zero attached hydrogens (tertiary/aromatic N) is 7. The van der Waals surface area contributed by atoms with E-state index in [0.29, 0.717) is 28.3 Å². The average molecular weight is 590 g/mol. The summed E-state index contributed by atoms with van der Waals surface area (Å²) in [5, 5.41) is 12.8. The van der Waals surface area contributed by atoms with Crippen LogP contribution < -0.4 is 25.8 Å². The maximum Gasteiger partial charge on any atom is 0.233 e. The normalized spacial score (nSPS) is 11.2. The lowest BCUT2D eigenvalue weighted by atomic mass is 10.2. The molecular formula is C28H28Cl2N11+. The van der Waals surface area contributed by atoms with Crippen LogP contribution in [-0.4, -0.2) is 51.0 Å². The van der Waals surface area contributed by atoms with Gasteiger partial charge in [-0.15, -0.1) is 0 Å². The summed E-state index contributed by atoms with van der Waals surface area (Å²) in [6, 6.07) is 23.3. The third-order valence-electron chi connectivity index (χ3n) is 5.76. The number of nitrogens with one attached hydrogen (secondary N) is 4. The second kappa shape index (κ2) is 11.9. The Balaban J connectivity index is 1.26. The van der Waals surface area contributed by atoms with Crippen molar-refractivity contribution in [2.24, 2.45) is 0 Å². The molecule has 0 radical (unpaired) electrons. The van der Waals surface area contributed by atoms with E-state index in [9.17, 15) is 0 Å². The van der Waals surface area contributed by atoms with Crippen LogP contribution in [0.15, 0.2) is 72.8 Å². The summed E-state index contributed by atoms with van der Waals surface area (Å²) in [4.78, 5) is 25.6. The van der Waals surface area contributed by atoms with Gasteiger partial charge >= 0.3 is 0 Å². The Hall–Kier alpha value is -4.58. The van der Waals surface area contributed by atoms with E-state index in [4.69, 9.17) is 23.2 Å². The molecule has 2 aromatic heterocycles. The Bertz CT molecular complexity index is 1670. The number of anilines is 8. The van der Waals surface area contributed by atoms with Crippen molar-refractivity contribution in [3.63, 3.8) is 0 Å². The van der Waals surface area contributed by atoms with Gasteiger partial charge in [-0.25, -0.2) is 0 Å². The number of hydrogen-bond acceptors (Lipinski definition) is 10. The molecule has 11 nitrogen and oxygen atoms in total. The van der Waals surface area contributed by atoms with Crippen LogP contribution in [0.5, 0.6) is 0 Å². The quantitative estimate of drug-likeness (QED) is 0.136. The first-order valence-corrected chi connectivity index (χ1v) is 13.3. The number of aromatic nitrogens is 6. The fraction of sp³-hybridized carbons (Fsp3) is 0.143. The number of halogens is 2. The van der Waals surface area contributed by atoms with Gasteiger partial charge in [-0.05, 0) is 84.2 Å². The zero-order valence-corrected chi connectivity index (χ0v) is 24.3. The van der Waals surface area contributed by atoms with Gasteiger partial charge in [0, 0.05) is 28.8 Å². The molecule has 0 aliphatic heterocycles. The molecule has 5 rings (SSSR count). The highest BCUT2D eigenvalue weighted by molar-refractivity contribution is 6.28. The molecule has 0 amide bonds. The highest BCUT2D eigenvalue weighted by Crippen LogP contribution is 2.25. The fourth-order valence-corrected chi connectivity index (χ4v) is 4.12. The van der Waals surface area contributed by atoms with E-state index in [1.54, 1.807) is 0 Å². The van der Waals surface area contributed by atoms with Crippen molar-refractivity contribution < 1.29 is 0 Å². The smallest absolute Gasteiger partial charge is 0.233 e. The lowest BCUT2D eigenvalue weighted by Gasteiger charge is -2.23. The third kappa shape index (κ3) is 7.76. The first-order valence-electron chi connectivity index (χ1n) is 12.6. The molecule has 0 saturated carbocycles. The van der Waals surface area contributed by atoms with Gasteiger partial charge in [-0.2, -0.15) is 29.9 Å². The van der Waals surface area contributed by atoms with Crippen molar-refractivity contribution in [2.75, 3.05) is 42.4 Å². The molecule has 5 aromatic rings. The molecule has 0 fully saturated rings. The lowest BCUT2D eigenvalue weighted by molar-refractivity contribution is 0.486. The predicted octanol–water partition coefficient (Wildman–Crippen LogP) is 6.84. The van der Waals surface area contributed by atoms with Crippen LogP contribution in [0.25, 0.3) is 0 Å². The first kappa shape index (κ1) is 28.0. The van der Waals surface area contributed by atoms with E-state index in [2.05, 4.69) is 78.4 Å². The van der Waals surface area contributed by atoms with E-state index in [1.165, 1.54) is 0 Å². The van der Waals surface area contributed by atoms with Gasteiger partial charge in [0.05, 0.1) is 21.1 Å². The molecule has 0 saturated heterocycles. The number of hydrogen-bond donors (Lipinski definition) is 4. The first-order chi connectivity index (χ1) is 19.6. The third-order valence-corrected chi connectivity index (χ3v) is 6.10. The molecule has 2 heterocycles. The zero-order chi connectivity index (χ0) is 29.0. The minimum absolute atomic E-state index is 0.0628. The van der Waals surface area contributed by atoms with Gasteiger partial charge in [0.1, 0.15) is 5.69 Å². The summed E-state index contributed by atoms with van der Waals surface area (Å²) in [5.41, 5.74) is 5.41. The molecule has 0 aliphatic carbocycles. The largest absolute Gasteiger partial charge is 0.324 e. The summed E-state index contributed by atoms with van der Waals surface area (Å²) in [6.07, 6.45) is 0. The summed E-state index contributed by atoms with van der Waals surface area (Å²) >= 11 is 12.3. The van der Waals surface area contributed by atoms with Crippen molar-refractivity contribution in [2.45, 2.75) is 6.92 Å². The lowest BCUT2D eigenvalue weighted by Crippen LogP contribution is -2.34.